The number of ether oxygens (including phenoxy) is 3. The van der Waals surface area contributed by atoms with Gasteiger partial charge in [0, 0.05) is 12.6 Å². The Kier molecular flexibility index (Phi) is 6.62. The molecule has 2 aromatic heterocycles. The molecule has 0 amide bonds. The Morgan fingerprint density at radius 2 is 1.51 bits per heavy atom. The van der Waals surface area contributed by atoms with Crippen molar-refractivity contribution in [3.63, 3.8) is 0 Å². The Morgan fingerprint density at radius 3 is 2.34 bits per heavy atom. The molecule has 0 radical (unpaired) electrons. The number of rotatable bonds is 9. The third kappa shape index (κ3) is 5.40. The van der Waals surface area contributed by atoms with Gasteiger partial charge in [-0.1, -0.05) is 84.9 Å². The molecule has 0 aliphatic carbocycles. The van der Waals surface area contributed by atoms with Crippen LogP contribution in [-0.4, -0.2) is 32.9 Å². The fourth-order valence-electron chi connectivity index (χ4n) is 4.85. The Bertz CT molecular complexity index is 1790. The summed E-state index contributed by atoms with van der Waals surface area (Å²) in [5.74, 6) is 2.51. The Labute approximate surface area is 237 Å². The summed E-state index contributed by atoms with van der Waals surface area (Å²) in [5, 5.41) is 3.46. The summed E-state index contributed by atoms with van der Waals surface area (Å²) in [6.45, 7) is 1.49. The van der Waals surface area contributed by atoms with E-state index in [-0.39, 0.29) is 12.8 Å². The molecule has 1 N–H and O–H groups in total. The van der Waals surface area contributed by atoms with Crippen molar-refractivity contribution in [2.75, 3.05) is 18.7 Å². The zero-order chi connectivity index (χ0) is 27.4. The van der Waals surface area contributed by atoms with Gasteiger partial charge in [0.25, 0.3) is 0 Å². The number of aromatic nitrogens is 4. The molecular weight excluding hydrogens is 514 g/mol. The number of nitrogens with one attached hydrogen (secondary N) is 1. The lowest BCUT2D eigenvalue weighted by molar-refractivity contribution is 0.174. The normalized spacial score (nSPS) is 12.0. The van der Waals surface area contributed by atoms with E-state index in [0.717, 1.165) is 12.0 Å². The van der Waals surface area contributed by atoms with Crippen LogP contribution in [0.5, 0.6) is 23.3 Å². The molecule has 1 aliphatic heterocycles. The fourth-order valence-corrected chi connectivity index (χ4v) is 4.85. The average molecular weight is 542 g/mol. The molecule has 0 unspecified atom stereocenters. The summed E-state index contributed by atoms with van der Waals surface area (Å²) in [4.78, 5) is 14.1. The minimum Gasteiger partial charge on any atom is -0.454 e. The van der Waals surface area contributed by atoms with Gasteiger partial charge in [-0.15, -0.1) is 0 Å². The molecule has 8 nitrogen and oxygen atoms in total. The number of nitrogens with zero attached hydrogens (tertiary/aromatic N) is 4. The van der Waals surface area contributed by atoms with Crippen molar-refractivity contribution in [1.29, 1.82) is 0 Å². The number of hydrogen-bond acceptors (Lipinski definition) is 7. The molecule has 0 saturated carbocycles. The maximum atomic E-state index is 6.12. The van der Waals surface area contributed by atoms with E-state index in [0.29, 0.717) is 47.3 Å². The van der Waals surface area contributed by atoms with Crippen LogP contribution in [0, 0.1) is 0 Å². The highest BCUT2D eigenvalue weighted by Gasteiger charge is 2.18. The SMILES string of the molecule is c1ccc(CCNc2nc(Oc3ccc4c(c3)OCO4)nc3c2ncn3Cc2ccc(-c3ccccc3)cc2)cc1. The van der Waals surface area contributed by atoms with Gasteiger partial charge in [-0.25, -0.2) is 4.98 Å². The summed E-state index contributed by atoms with van der Waals surface area (Å²) < 4.78 is 19.1. The van der Waals surface area contributed by atoms with E-state index in [1.165, 1.54) is 16.7 Å². The largest absolute Gasteiger partial charge is 0.454 e. The van der Waals surface area contributed by atoms with Crippen molar-refractivity contribution in [3.8, 4) is 34.4 Å². The standard InChI is InChI=1S/C33H27N5O3/c1-3-7-23(8-4-1)17-18-34-31-30-32(37-33(36-31)41-27-15-16-28-29(19-27)40-22-39-28)38(21-35-30)20-24-11-13-26(14-12-24)25-9-5-2-6-10-25/h1-16,19,21H,17-18,20,22H2,(H,34,36,37). The van der Waals surface area contributed by atoms with Crippen LogP contribution < -0.4 is 19.5 Å². The average Bonchev–Trinajstić information content (AvgIpc) is 3.65. The van der Waals surface area contributed by atoms with Gasteiger partial charge in [-0.2, -0.15) is 9.97 Å². The second-order valence-electron chi connectivity index (χ2n) is 9.74. The first kappa shape index (κ1) is 24.7. The topological polar surface area (TPSA) is 83.3 Å². The zero-order valence-corrected chi connectivity index (χ0v) is 22.2. The Hall–Kier alpha value is -5.37. The van der Waals surface area contributed by atoms with Crippen molar-refractivity contribution < 1.29 is 14.2 Å². The van der Waals surface area contributed by atoms with Crippen LogP contribution in [0.15, 0.2) is 109 Å². The van der Waals surface area contributed by atoms with Crippen molar-refractivity contribution in [2.24, 2.45) is 0 Å². The van der Waals surface area contributed by atoms with E-state index < -0.39 is 0 Å². The van der Waals surface area contributed by atoms with E-state index in [9.17, 15) is 0 Å². The zero-order valence-electron chi connectivity index (χ0n) is 22.2. The second-order valence-corrected chi connectivity index (χ2v) is 9.74. The van der Waals surface area contributed by atoms with E-state index in [1.807, 2.05) is 41.0 Å². The highest BCUT2D eigenvalue weighted by Crippen LogP contribution is 2.36. The van der Waals surface area contributed by atoms with Crippen molar-refractivity contribution in [2.45, 2.75) is 13.0 Å². The number of fused-ring (bicyclic) bond motifs is 2. The lowest BCUT2D eigenvalue weighted by Crippen LogP contribution is -2.09. The van der Waals surface area contributed by atoms with Crippen LogP contribution in [0.2, 0.25) is 0 Å². The monoisotopic (exact) mass is 541 g/mol. The Morgan fingerprint density at radius 1 is 0.756 bits per heavy atom. The van der Waals surface area contributed by atoms with Gasteiger partial charge < -0.3 is 24.1 Å². The van der Waals surface area contributed by atoms with Gasteiger partial charge in [-0.3, -0.25) is 0 Å². The highest BCUT2D eigenvalue weighted by atomic mass is 16.7. The number of hydrogen-bond donors (Lipinski definition) is 1. The quantitative estimate of drug-likeness (QED) is 0.218. The third-order valence-electron chi connectivity index (χ3n) is 6.96. The molecule has 3 heterocycles. The molecule has 202 valence electrons. The van der Waals surface area contributed by atoms with E-state index in [4.69, 9.17) is 24.2 Å². The summed E-state index contributed by atoms with van der Waals surface area (Å²) in [5.41, 5.74) is 6.13. The first-order valence-corrected chi connectivity index (χ1v) is 13.5. The highest BCUT2D eigenvalue weighted by molar-refractivity contribution is 5.83. The summed E-state index contributed by atoms with van der Waals surface area (Å²) in [7, 11) is 0. The molecule has 1 aliphatic rings. The van der Waals surface area contributed by atoms with E-state index in [2.05, 4.69) is 71.0 Å². The fraction of sp³-hybridized carbons (Fsp3) is 0.121. The minimum atomic E-state index is 0.197. The minimum absolute atomic E-state index is 0.197. The maximum Gasteiger partial charge on any atom is 0.326 e. The molecule has 7 rings (SSSR count). The van der Waals surface area contributed by atoms with E-state index in [1.54, 1.807) is 12.4 Å². The van der Waals surface area contributed by atoms with Crippen LogP contribution in [0.3, 0.4) is 0 Å². The molecule has 41 heavy (non-hydrogen) atoms. The molecule has 0 spiro atoms. The molecule has 0 atom stereocenters. The van der Waals surface area contributed by atoms with Gasteiger partial charge in [-0.05, 0) is 40.8 Å². The van der Waals surface area contributed by atoms with Crippen molar-refractivity contribution >= 4 is 17.0 Å². The molecule has 8 heteroatoms. The molecule has 4 aromatic carbocycles. The predicted octanol–water partition coefficient (Wildman–Crippen LogP) is 6.72. The molecule has 0 saturated heterocycles. The first-order chi connectivity index (χ1) is 20.3. The summed E-state index contributed by atoms with van der Waals surface area (Å²) >= 11 is 0. The lowest BCUT2D eigenvalue weighted by Gasteiger charge is -2.11. The van der Waals surface area contributed by atoms with E-state index >= 15 is 0 Å². The first-order valence-electron chi connectivity index (χ1n) is 13.5. The van der Waals surface area contributed by atoms with Crippen LogP contribution in [0.25, 0.3) is 22.3 Å². The molecule has 6 aromatic rings. The third-order valence-corrected chi connectivity index (χ3v) is 6.96. The van der Waals surface area contributed by atoms with Crippen molar-refractivity contribution in [3.05, 3.63) is 121 Å². The molecule has 0 bridgehead atoms. The van der Waals surface area contributed by atoms with Crippen LogP contribution in [0.4, 0.5) is 5.82 Å². The summed E-state index contributed by atoms with van der Waals surface area (Å²) in [6.07, 6.45) is 2.65. The second kappa shape index (κ2) is 11.0. The van der Waals surface area contributed by atoms with Crippen molar-refractivity contribution in [1.82, 2.24) is 19.5 Å². The van der Waals surface area contributed by atoms with Gasteiger partial charge in [0.1, 0.15) is 5.75 Å². The number of imidazole rings is 1. The van der Waals surface area contributed by atoms with Gasteiger partial charge >= 0.3 is 6.01 Å². The van der Waals surface area contributed by atoms with Crippen LogP contribution >= 0.6 is 0 Å². The number of benzene rings is 4. The molecular formula is C33H27N5O3. The van der Waals surface area contributed by atoms with Gasteiger partial charge in [0.15, 0.2) is 28.5 Å². The van der Waals surface area contributed by atoms with Gasteiger partial charge in [0.05, 0.1) is 12.9 Å². The maximum absolute atomic E-state index is 6.12. The van der Waals surface area contributed by atoms with Crippen LogP contribution in [-0.2, 0) is 13.0 Å². The predicted molar refractivity (Wildman–Crippen MR) is 158 cm³/mol. The smallest absolute Gasteiger partial charge is 0.326 e. The van der Waals surface area contributed by atoms with Gasteiger partial charge in [0.2, 0.25) is 6.79 Å². The number of anilines is 1. The van der Waals surface area contributed by atoms with Crippen LogP contribution in [0.1, 0.15) is 11.1 Å². The lowest BCUT2D eigenvalue weighted by atomic mass is 10.0. The Balaban J connectivity index is 1.18. The summed E-state index contributed by atoms with van der Waals surface area (Å²) in [6, 6.07) is 34.9. The molecule has 0 fully saturated rings.